The Morgan fingerprint density at radius 3 is 1.33 bits per heavy atom. The average molecular weight is 298 g/mol. The van der Waals surface area contributed by atoms with E-state index >= 15 is 0 Å². The molecule has 0 rings (SSSR count). The van der Waals surface area contributed by atoms with Crippen molar-refractivity contribution in [2.45, 2.75) is 71.1 Å². The smallest absolute Gasteiger partial charge is 0.0967 e. The van der Waals surface area contributed by atoms with Crippen LogP contribution in [0.25, 0.3) is 0 Å². The SMILES string of the molecule is CCCCCCCCCCCCN(C)C.ClCCl. The van der Waals surface area contributed by atoms with Crippen LogP contribution in [0.2, 0.25) is 0 Å². The summed E-state index contributed by atoms with van der Waals surface area (Å²) in [5.41, 5.74) is 0. The van der Waals surface area contributed by atoms with Gasteiger partial charge in [-0.25, -0.2) is 0 Å². The largest absolute Gasteiger partial charge is 0.309 e. The van der Waals surface area contributed by atoms with Crippen LogP contribution in [-0.2, 0) is 0 Å². The Bertz CT molecular complexity index is 130. The van der Waals surface area contributed by atoms with Gasteiger partial charge in [0.1, 0.15) is 0 Å². The van der Waals surface area contributed by atoms with E-state index in [1.807, 2.05) is 0 Å². The van der Waals surface area contributed by atoms with Gasteiger partial charge in [-0.1, -0.05) is 64.7 Å². The molecule has 0 radical (unpaired) electrons. The standard InChI is InChI=1S/C14H31N.CH2Cl2/c1-4-5-6-7-8-9-10-11-12-13-14-15(2)3;2-1-3/h4-14H2,1-3H3;1H2. The van der Waals surface area contributed by atoms with Crippen LogP contribution >= 0.6 is 23.2 Å². The highest BCUT2D eigenvalue weighted by atomic mass is 35.5. The van der Waals surface area contributed by atoms with Crippen molar-refractivity contribution in [3.8, 4) is 0 Å². The molecule has 0 atom stereocenters. The Hall–Kier alpha value is 0.540. The van der Waals surface area contributed by atoms with Gasteiger partial charge in [0.2, 0.25) is 0 Å². The van der Waals surface area contributed by atoms with Gasteiger partial charge in [0, 0.05) is 0 Å². The maximum Gasteiger partial charge on any atom is 0.0967 e. The van der Waals surface area contributed by atoms with Crippen LogP contribution in [0.5, 0.6) is 0 Å². The zero-order chi connectivity index (χ0) is 14.1. The van der Waals surface area contributed by atoms with Crippen LogP contribution in [0, 0.1) is 0 Å². The average Bonchev–Trinajstić information content (AvgIpc) is 2.32. The van der Waals surface area contributed by atoms with E-state index in [2.05, 4.69) is 25.9 Å². The van der Waals surface area contributed by atoms with Crippen molar-refractivity contribution in [2.24, 2.45) is 0 Å². The third-order valence-electron chi connectivity index (χ3n) is 2.96. The Balaban J connectivity index is 0. The summed E-state index contributed by atoms with van der Waals surface area (Å²) in [6.07, 6.45) is 14.4. The summed E-state index contributed by atoms with van der Waals surface area (Å²) in [6, 6.07) is 0. The highest BCUT2D eigenvalue weighted by molar-refractivity contribution is 6.40. The molecule has 112 valence electrons. The Labute approximate surface area is 125 Å². The van der Waals surface area contributed by atoms with E-state index in [0.717, 1.165) is 0 Å². The van der Waals surface area contributed by atoms with Crippen LogP contribution < -0.4 is 0 Å². The summed E-state index contributed by atoms with van der Waals surface area (Å²) in [4.78, 5) is 2.28. The molecule has 0 amide bonds. The van der Waals surface area contributed by atoms with Crippen molar-refractivity contribution in [1.82, 2.24) is 4.90 Å². The minimum absolute atomic E-state index is 0.194. The van der Waals surface area contributed by atoms with Crippen molar-refractivity contribution in [3.05, 3.63) is 0 Å². The lowest BCUT2D eigenvalue weighted by molar-refractivity contribution is 0.389. The maximum absolute atomic E-state index is 4.76. The van der Waals surface area contributed by atoms with E-state index in [-0.39, 0.29) is 5.34 Å². The molecule has 0 aromatic carbocycles. The van der Waals surface area contributed by atoms with E-state index in [4.69, 9.17) is 23.2 Å². The number of hydrogen-bond donors (Lipinski definition) is 0. The molecule has 0 heterocycles. The van der Waals surface area contributed by atoms with Gasteiger partial charge in [0.05, 0.1) is 5.34 Å². The molecule has 0 fully saturated rings. The van der Waals surface area contributed by atoms with Crippen LogP contribution in [0.4, 0.5) is 0 Å². The predicted octanol–water partition coefficient (Wildman–Crippen LogP) is 5.89. The van der Waals surface area contributed by atoms with E-state index in [1.165, 1.54) is 70.8 Å². The minimum Gasteiger partial charge on any atom is -0.309 e. The third kappa shape index (κ3) is 25.4. The molecule has 0 unspecified atom stereocenters. The maximum atomic E-state index is 4.76. The number of nitrogens with zero attached hydrogens (tertiary/aromatic N) is 1. The molecule has 0 aromatic rings. The van der Waals surface area contributed by atoms with Crippen LogP contribution in [0.3, 0.4) is 0 Å². The summed E-state index contributed by atoms with van der Waals surface area (Å²) in [5, 5.41) is 0.194. The second-order valence-corrected chi connectivity index (χ2v) is 5.89. The molecule has 0 aromatic heterocycles. The molecule has 3 heteroatoms. The Morgan fingerprint density at radius 1 is 0.667 bits per heavy atom. The number of halogens is 2. The Kier molecular flexibility index (Phi) is 23.0. The highest BCUT2D eigenvalue weighted by Crippen LogP contribution is 2.10. The molecule has 0 N–H and O–H groups in total. The highest BCUT2D eigenvalue weighted by Gasteiger charge is 1.93. The summed E-state index contributed by atoms with van der Waals surface area (Å²) in [5.74, 6) is 0. The fourth-order valence-corrected chi connectivity index (χ4v) is 1.92. The quantitative estimate of drug-likeness (QED) is 0.339. The number of unbranched alkanes of at least 4 members (excludes halogenated alkanes) is 9. The van der Waals surface area contributed by atoms with Crippen molar-refractivity contribution >= 4 is 23.2 Å². The molecule has 0 saturated heterocycles. The van der Waals surface area contributed by atoms with Crippen LogP contribution in [0.15, 0.2) is 0 Å². The molecule has 0 aliphatic carbocycles. The first-order valence-electron chi connectivity index (χ1n) is 7.45. The zero-order valence-corrected chi connectivity index (χ0v) is 14.2. The van der Waals surface area contributed by atoms with Crippen molar-refractivity contribution in [1.29, 1.82) is 0 Å². The molecule has 0 bridgehead atoms. The monoisotopic (exact) mass is 297 g/mol. The molecule has 0 spiro atoms. The predicted molar refractivity (Wildman–Crippen MR) is 87.0 cm³/mol. The van der Waals surface area contributed by atoms with Gasteiger partial charge in [-0.05, 0) is 27.1 Å². The van der Waals surface area contributed by atoms with Crippen molar-refractivity contribution in [3.63, 3.8) is 0 Å². The summed E-state index contributed by atoms with van der Waals surface area (Å²) in [6.45, 7) is 3.54. The lowest BCUT2D eigenvalue weighted by Crippen LogP contribution is -2.12. The van der Waals surface area contributed by atoms with E-state index < -0.39 is 0 Å². The molecular formula is C15H33Cl2N. The van der Waals surface area contributed by atoms with Gasteiger partial charge in [-0.2, -0.15) is 0 Å². The lowest BCUT2D eigenvalue weighted by Gasteiger charge is -2.08. The summed E-state index contributed by atoms with van der Waals surface area (Å²) >= 11 is 9.53. The minimum atomic E-state index is 0.194. The van der Waals surface area contributed by atoms with E-state index in [9.17, 15) is 0 Å². The molecule has 18 heavy (non-hydrogen) atoms. The topological polar surface area (TPSA) is 3.24 Å². The zero-order valence-electron chi connectivity index (χ0n) is 12.7. The second kappa shape index (κ2) is 19.9. The second-order valence-electron chi connectivity index (χ2n) is 5.09. The molecule has 0 aliphatic heterocycles. The summed E-state index contributed by atoms with van der Waals surface area (Å²) in [7, 11) is 4.32. The van der Waals surface area contributed by atoms with Gasteiger partial charge in [0.15, 0.2) is 0 Å². The molecular weight excluding hydrogens is 265 g/mol. The first-order valence-corrected chi connectivity index (χ1v) is 8.52. The Morgan fingerprint density at radius 2 is 1.00 bits per heavy atom. The van der Waals surface area contributed by atoms with Gasteiger partial charge >= 0.3 is 0 Å². The normalized spacial score (nSPS) is 10.3. The van der Waals surface area contributed by atoms with Crippen molar-refractivity contribution in [2.75, 3.05) is 26.0 Å². The molecule has 0 saturated carbocycles. The fourth-order valence-electron chi connectivity index (χ4n) is 1.92. The fraction of sp³-hybridized carbons (Fsp3) is 1.00. The van der Waals surface area contributed by atoms with Gasteiger partial charge in [-0.15, -0.1) is 23.2 Å². The third-order valence-corrected chi connectivity index (χ3v) is 2.96. The molecule has 1 nitrogen and oxygen atoms in total. The lowest BCUT2D eigenvalue weighted by atomic mass is 10.1. The van der Waals surface area contributed by atoms with Gasteiger partial charge in [-0.3, -0.25) is 0 Å². The van der Waals surface area contributed by atoms with E-state index in [0.29, 0.717) is 0 Å². The van der Waals surface area contributed by atoms with Gasteiger partial charge in [0.25, 0.3) is 0 Å². The number of rotatable bonds is 11. The number of alkyl halides is 2. The van der Waals surface area contributed by atoms with Crippen molar-refractivity contribution < 1.29 is 0 Å². The number of hydrogen-bond acceptors (Lipinski definition) is 1. The van der Waals surface area contributed by atoms with Crippen LogP contribution in [0.1, 0.15) is 71.1 Å². The molecule has 0 aliphatic rings. The van der Waals surface area contributed by atoms with Crippen LogP contribution in [-0.4, -0.2) is 30.9 Å². The van der Waals surface area contributed by atoms with Gasteiger partial charge < -0.3 is 4.90 Å². The van der Waals surface area contributed by atoms with E-state index in [1.54, 1.807) is 0 Å². The first kappa shape index (κ1) is 20.8. The summed E-state index contributed by atoms with van der Waals surface area (Å²) < 4.78 is 0. The first-order chi connectivity index (χ1) is 8.68.